The van der Waals surface area contributed by atoms with Crippen LogP contribution in [0.4, 0.5) is 4.79 Å². The summed E-state index contributed by atoms with van der Waals surface area (Å²) in [5.41, 5.74) is 0.978. The van der Waals surface area contributed by atoms with Gasteiger partial charge in [0.15, 0.2) is 0 Å². The Kier molecular flexibility index (Phi) is 5.21. The van der Waals surface area contributed by atoms with Gasteiger partial charge in [0.05, 0.1) is 6.10 Å². The van der Waals surface area contributed by atoms with Gasteiger partial charge in [-0.15, -0.1) is 0 Å². The third-order valence-electron chi connectivity index (χ3n) is 3.50. The van der Waals surface area contributed by atoms with Crippen molar-refractivity contribution >= 4 is 6.09 Å². The number of carbonyl (C=O) groups is 1. The number of rotatable bonds is 4. The molecular formula is C15H21NO3. The second-order valence-electron chi connectivity index (χ2n) is 5.13. The normalized spacial score (nSPS) is 22.8. The van der Waals surface area contributed by atoms with Crippen LogP contribution in [0.5, 0.6) is 0 Å². The van der Waals surface area contributed by atoms with Gasteiger partial charge in [0.1, 0.15) is 6.61 Å². The molecular weight excluding hydrogens is 242 g/mol. The summed E-state index contributed by atoms with van der Waals surface area (Å²) >= 11 is 0. The fraction of sp³-hybridized carbons (Fsp3) is 0.533. The van der Waals surface area contributed by atoms with Crippen molar-refractivity contribution in [2.24, 2.45) is 5.92 Å². The molecule has 0 heterocycles. The average Bonchev–Trinajstić information content (AvgIpc) is 2.44. The minimum absolute atomic E-state index is 0.208. The largest absolute Gasteiger partial charge is 0.445 e. The van der Waals surface area contributed by atoms with Crippen LogP contribution in [0.3, 0.4) is 0 Å². The van der Waals surface area contributed by atoms with Crippen LogP contribution in [-0.2, 0) is 11.3 Å². The van der Waals surface area contributed by atoms with E-state index in [9.17, 15) is 9.90 Å². The lowest BCUT2D eigenvalue weighted by atomic mass is 9.87. The zero-order valence-electron chi connectivity index (χ0n) is 11.0. The highest BCUT2D eigenvalue weighted by molar-refractivity contribution is 5.67. The molecule has 2 atom stereocenters. The number of hydrogen-bond donors (Lipinski definition) is 2. The maximum absolute atomic E-state index is 11.5. The second-order valence-corrected chi connectivity index (χ2v) is 5.13. The maximum Gasteiger partial charge on any atom is 0.407 e. The van der Waals surface area contributed by atoms with Crippen molar-refractivity contribution < 1.29 is 14.6 Å². The molecule has 0 radical (unpaired) electrons. The summed E-state index contributed by atoms with van der Waals surface area (Å²) < 4.78 is 5.13. The van der Waals surface area contributed by atoms with Crippen LogP contribution < -0.4 is 5.32 Å². The number of nitrogens with one attached hydrogen (secondary N) is 1. The van der Waals surface area contributed by atoms with Crippen LogP contribution in [0.25, 0.3) is 0 Å². The minimum Gasteiger partial charge on any atom is -0.445 e. The molecule has 1 saturated carbocycles. The quantitative estimate of drug-likeness (QED) is 0.877. The van der Waals surface area contributed by atoms with E-state index in [1.165, 1.54) is 0 Å². The molecule has 1 aliphatic carbocycles. The van der Waals surface area contributed by atoms with Crippen molar-refractivity contribution in [1.82, 2.24) is 5.32 Å². The first-order valence-electron chi connectivity index (χ1n) is 6.86. The molecule has 0 saturated heterocycles. The summed E-state index contributed by atoms with van der Waals surface area (Å²) in [5.74, 6) is 0.369. The molecule has 2 rings (SSSR count). The number of ether oxygens (including phenoxy) is 1. The molecule has 2 N–H and O–H groups in total. The lowest BCUT2D eigenvalue weighted by molar-refractivity contribution is 0.0967. The summed E-state index contributed by atoms with van der Waals surface area (Å²) in [6, 6.07) is 9.60. The van der Waals surface area contributed by atoms with Gasteiger partial charge in [-0.1, -0.05) is 36.8 Å². The molecule has 4 heteroatoms. The Morgan fingerprint density at radius 3 is 2.84 bits per heavy atom. The highest BCUT2D eigenvalue weighted by Crippen LogP contribution is 2.23. The highest BCUT2D eigenvalue weighted by Gasteiger charge is 2.20. The molecule has 4 nitrogen and oxygen atoms in total. The zero-order chi connectivity index (χ0) is 13.5. The van der Waals surface area contributed by atoms with E-state index in [1.54, 1.807) is 0 Å². The van der Waals surface area contributed by atoms with Gasteiger partial charge in [0.2, 0.25) is 0 Å². The lowest BCUT2D eigenvalue weighted by Gasteiger charge is -2.25. The standard InChI is InChI=1S/C15H21NO3/c17-14-8-4-7-13(9-14)10-16-15(18)19-11-12-5-2-1-3-6-12/h1-3,5-6,13-14,17H,4,7-11H2,(H,16,18). The molecule has 1 fully saturated rings. The van der Waals surface area contributed by atoms with Gasteiger partial charge in [-0.3, -0.25) is 0 Å². The highest BCUT2D eigenvalue weighted by atomic mass is 16.5. The van der Waals surface area contributed by atoms with E-state index in [-0.39, 0.29) is 12.2 Å². The molecule has 0 aromatic heterocycles. The Balaban J connectivity index is 1.64. The van der Waals surface area contributed by atoms with Crippen molar-refractivity contribution in [2.75, 3.05) is 6.54 Å². The third kappa shape index (κ3) is 4.91. The monoisotopic (exact) mass is 263 g/mol. The van der Waals surface area contributed by atoms with E-state index in [1.807, 2.05) is 30.3 Å². The first-order valence-corrected chi connectivity index (χ1v) is 6.86. The van der Waals surface area contributed by atoms with Crippen LogP contribution in [-0.4, -0.2) is 23.8 Å². The van der Waals surface area contributed by atoms with E-state index < -0.39 is 0 Å². The van der Waals surface area contributed by atoms with Crippen LogP contribution in [0.15, 0.2) is 30.3 Å². The summed E-state index contributed by atoms with van der Waals surface area (Å²) in [7, 11) is 0. The molecule has 2 unspecified atom stereocenters. The average molecular weight is 263 g/mol. The number of aliphatic hydroxyl groups is 1. The van der Waals surface area contributed by atoms with Crippen molar-refractivity contribution in [3.63, 3.8) is 0 Å². The number of alkyl carbamates (subject to hydrolysis) is 1. The van der Waals surface area contributed by atoms with E-state index >= 15 is 0 Å². The summed E-state index contributed by atoms with van der Waals surface area (Å²) in [6.45, 7) is 0.880. The maximum atomic E-state index is 11.5. The Bertz CT molecular complexity index is 394. The van der Waals surface area contributed by atoms with Crippen molar-refractivity contribution in [1.29, 1.82) is 0 Å². The van der Waals surface area contributed by atoms with Crippen molar-refractivity contribution in [3.05, 3.63) is 35.9 Å². The third-order valence-corrected chi connectivity index (χ3v) is 3.50. The number of aliphatic hydroxyl groups excluding tert-OH is 1. The Hall–Kier alpha value is -1.55. The predicted octanol–water partition coefficient (Wildman–Crippen LogP) is 2.46. The smallest absolute Gasteiger partial charge is 0.407 e. The van der Waals surface area contributed by atoms with Gasteiger partial charge in [-0.05, 0) is 30.7 Å². The van der Waals surface area contributed by atoms with E-state index in [0.29, 0.717) is 19.1 Å². The van der Waals surface area contributed by atoms with E-state index in [2.05, 4.69) is 5.32 Å². The number of hydrogen-bond acceptors (Lipinski definition) is 3. The summed E-state index contributed by atoms with van der Waals surface area (Å²) in [5, 5.41) is 12.3. The van der Waals surface area contributed by atoms with Gasteiger partial charge in [-0.25, -0.2) is 4.79 Å². The number of amides is 1. The molecule has 1 aromatic carbocycles. The van der Waals surface area contributed by atoms with Gasteiger partial charge < -0.3 is 15.2 Å². The SMILES string of the molecule is O=C(NCC1CCCC(O)C1)OCc1ccccc1. The molecule has 1 aromatic rings. The predicted molar refractivity (Wildman–Crippen MR) is 72.6 cm³/mol. The van der Waals surface area contributed by atoms with Gasteiger partial charge in [0.25, 0.3) is 0 Å². The van der Waals surface area contributed by atoms with E-state index in [0.717, 1.165) is 31.2 Å². The molecule has 0 bridgehead atoms. The van der Waals surface area contributed by atoms with Crippen LogP contribution in [0.1, 0.15) is 31.2 Å². The Morgan fingerprint density at radius 1 is 1.32 bits per heavy atom. The van der Waals surface area contributed by atoms with Crippen molar-refractivity contribution in [2.45, 2.75) is 38.4 Å². The molecule has 0 spiro atoms. The van der Waals surface area contributed by atoms with Crippen LogP contribution in [0, 0.1) is 5.92 Å². The number of carbonyl (C=O) groups excluding carboxylic acids is 1. The van der Waals surface area contributed by atoms with E-state index in [4.69, 9.17) is 4.74 Å². The fourth-order valence-corrected chi connectivity index (χ4v) is 2.45. The molecule has 104 valence electrons. The Morgan fingerprint density at radius 2 is 2.11 bits per heavy atom. The first kappa shape index (κ1) is 13.9. The minimum atomic E-state index is -0.385. The van der Waals surface area contributed by atoms with Gasteiger partial charge >= 0.3 is 6.09 Å². The summed E-state index contributed by atoms with van der Waals surface area (Å²) in [4.78, 5) is 11.5. The van der Waals surface area contributed by atoms with Crippen LogP contribution >= 0.6 is 0 Å². The fourth-order valence-electron chi connectivity index (χ4n) is 2.45. The van der Waals surface area contributed by atoms with Gasteiger partial charge in [-0.2, -0.15) is 0 Å². The molecule has 19 heavy (non-hydrogen) atoms. The first-order chi connectivity index (χ1) is 9.24. The van der Waals surface area contributed by atoms with Crippen LogP contribution in [0.2, 0.25) is 0 Å². The lowest BCUT2D eigenvalue weighted by Crippen LogP contribution is -2.33. The molecule has 0 aliphatic heterocycles. The van der Waals surface area contributed by atoms with Crippen molar-refractivity contribution in [3.8, 4) is 0 Å². The second kappa shape index (κ2) is 7.14. The molecule has 1 aliphatic rings. The zero-order valence-corrected chi connectivity index (χ0v) is 11.0. The molecule has 1 amide bonds. The summed E-state index contributed by atoms with van der Waals surface area (Å²) in [6.07, 6.45) is 3.17. The topological polar surface area (TPSA) is 58.6 Å². The number of benzene rings is 1. The Labute approximate surface area is 113 Å². The van der Waals surface area contributed by atoms with Gasteiger partial charge in [0, 0.05) is 6.54 Å².